The third-order valence-electron chi connectivity index (χ3n) is 4.09. The molecule has 30 heavy (non-hydrogen) atoms. The molecule has 0 N–H and O–H groups in total. The van der Waals surface area contributed by atoms with Gasteiger partial charge in [-0.2, -0.15) is 0 Å². The maximum atomic E-state index is 11.6. The van der Waals surface area contributed by atoms with Crippen LogP contribution in [0.1, 0.15) is 58.8 Å². The van der Waals surface area contributed by atoms with E-state index in [1.54, 1.807) is 0 Å². The Labute approximate surface area is 185 Å². The van der Waals surface area contributed by atoms with E-state index in [1.165, 1.54) is 5.57 Å². The average molecular weight is 413 g/mol. The standard InChI is InChI=1S/C27H42NO2/c1-6-7-8-18-21-26(2)22-19-16-14-12-10-9-11-13-15-17-20-23-27(29)30-25-24-28(3,4)5/h10-13,16-17,19-21H,6,9,14-15,18,22-25H2,1-5H3/q+1/b12-10-,13-11-,19-16-,20-17-,26-21-. The van der Waals surface area contributed by atoms with Gasteiger partial charge in [0.25, 0.3) is 0 Å². The van der Waals surface area contributed by atoms with Crippen molar-refractivity contribution in [2.75, 3.05) is 34.3 Å². The monoisotopic (exact) mass is 412 g/mol. The molecule has 0 radical (unpaired) electrons. The van der Waals surface area contributed by atoms with Crippen molar-refractivity contribution in [3.05, 3.63) is 60.3 Å². The molecular formula is C27H42NO2+. The molecule has 0 aromatic carbocycles. The lowest BCUT2D eigenvalue weighted by atomic mass is 10.1. The number of carbonyl (C=O) groups excluding carboxylic acids is 1. The van der Waals surface area contributed by atoms with Crippen molar-refractivity contribution in [1.29, 1.82) is 0 Å². The van der Waals surface area contributed by atoms with Crippen molar-refractivity contribution < 1.29 is 14.0 Å². The van der Waals surface area contributed by atoms with Gasteiger partial charge in [0.1, 0.15) is 13.2 Å². The number of rotatable bonds is 14. The van der Waals surface area contributed by atoms with E-state index in [2.05, 4.69) is 89.4 Å². The van der Waals surface area contributed by atoms with E-state index in [0.717, 1.165) is 49.6 Å². The summed E-state index contributed by atoms with van der Waals surface area (Å²) < 4.78 is 6.01. The van der Waals surface area contributed by atoms with E-state index in [4.69, 9.17) is 4.74 Å². The lowest BCUT2D eigenvalue weighted by Gasteiger charge is -2.23. The summed E-state index contributed by atoms with van der Waals surface area (Å²) in [4.78, 5) is 11.6. The number of likely N-dealkylation sites (N-methyl/N-ethyl adjacent to an activating group) is 1. The summed E-state index contributed by atoms with van der Waals surface area (Å²) in [5.41, 5.74) is 1.37. The molecule has 0 saturated heterocycles. The van der Waals surface area contributed by atoms with E-state index in [0.29, 0.717) is 13.0 Å². The lowest BCUT2D eigenvalue weighted by molar-refractivity contribution is -0.870. The predicted octanol–water partition coefficient (Wildman–Crippen LogP) is 6.16. The van der Waals surface area contributed by atoms with E-state index in [-0.39, 0.29) is 5.97 Å². The van der Waals surface area contributed by atoms with Crippen LogP contribution in [-0.2, 0) is 9.53 Å². The van der Waals surface area contributed by atoms with Gasteiger partial charge >= 0.3 is 5.97 Å². The van der Waals surface area contributed by atoms with Crippen LogP contribution in [0, 0.1) is 11.8 Å². The molecule has 0 aliphatic heterocycles. The predicted molar refractivity (Wildman–Crippen MR) is 130 cm³/mol. The fraction of sp³-hybridized carbons (Fsp3) is 0.519. The molecule has 0 saturated carbocycles. The molecule has 166 valence electrons. The molecule has 0 bridgehead atoms. The molecule has 0 heterocycles. The van der Waals surface area contributed by atoms with Crippen LogP contribution in [0.3, 0.4) is 0 Å². The van der Waals surface area contributed by atoms with Crippen molar-refractivity contribution in [2.24, 2.45) is 0 Å². The third kappa shape index (κ3) is 22.0. The first-order valence-electron chi connectivity index (χ1n) is 11.0. The molecule has 0 aliphatic carbocycles. The second-order valence-electron chi connectivity index (χ2n) is 8.20. The Kier molecular flexibility index (Phi) is 17.3. The highest BCUT2D eigenvalue weighted by Gasteiger charge is 2.08. The maximum Gasteiger partial charge on any atom is 0.309 e. The topological polar surface area (TPSA) is 26.3 Å². The summed E-state index contributed by atoms with van der Waals surface area (Å²) in [5, 5.41) is 0. The minimum absolute atomic E-state index is 0.157. The normalized spacial score (nSPS) is 12.9. The molecule has 0 atom stereocenters. The molecule has 0 aromatic rings. The van der Waals surface area contributed by atoms with Gasteiger partial charge in [-0.25, -0.2) is 0 Å². The van der Waals surface area contributed by atoms with Gasteiger partial charge in [-0.15, -0.1) is 5.92 Å². The molecular weight excluding hydrogens is 370 g/mol. The number of allylic oxidation sites excluding steroid dienone is 9. The molecule has 3 nitrogen and oxygen atoms in total. The van der Waals surface area contributed by atoms with Gasteiger partial charge in [0.15, 0.2) is 0 Å². The quantitative estimate of drug-likeness (QED) is 0.148. The van der Waals surface area contributed by atoms with E-state index in [1.807, 2.05) is 12.2 Å². The Hall–Kier alpha value is -2.31. The first-order valence-corrected chi connectivity index (χ1v) is 11.0. The van der Waals surface area contributed by atoms with Crippen LogP contribution in [0.4, 0.5) is 0 Å². The molecule has 0 aliphatic rings. The molecule has 0 aromatic heterocycles. The number of esters is 1. The summed E-state index contributed by atoms with van der Waals surface area (Å²) in [6, 6.07) is 0. The average Bonchev–Trinajstić information content (AvgIpc) is 2.67. The first kappa shape index (κ1) is 27.7. The molecule has 0 rings (SSSR count). The second-order valence-corrected chi connectivity index (χ2v) is 8.20. The number of hydrogen-bond donors (Lipinski definition) is 0. The van der Waals surface area contributed by atoms with E-state index in [9.17, 15) is 4.79 Å². The van der Waals surface area contributed by atoms with Crippen molar-refractivity contribution in [2.45, 2.75) is 58.8 Å². The van der Waals surface area contributed by atoms with Gasteiger partial charge < -0.3 is 9.22 Å². The van der Waals surface area contributed by atoms with Crippen molar-refractivity contribution in [3.8, 4) is 11.8 Å². The number of ether oxygens (including phenoxy) is 1. The smallest absolute Gasteiger partial charge is 0.309 e. The zero-order valence-electron chi connectivity index (χ0n) is 19.8. The minimum Gasteiger partial charge on any atom is -0.459 e. The summed E-state index contributed by atoms with van der Waals surface area (Å²) in [7, 11) is 6.24. The first-order chi connectivity index (χ1) is 14.3. The van der Waals surface area contributed by atoms with E-state index < -0.39 is 0 Å². The zero-order chi connectivity index (χ0) is 22.5. The zero-order valence-corrected chi connectivity index (χ0v) is 19.8. The highest BCUT2D eigenvalue weighted by Crippen LogP contribution is 2.03. The van der Waals surface area contributed by atoms with E-state index >= 15 is 0 Å². The van der Waals surface area contributed by atoms with Crippen molar-refractivity contribution >= 4 is 5.97 Å². The Morgan fingerprint density at radius 2 is 1.37 bits per heavy atom. The van der Waals surface area contributed by atoms with Crippen molar-refractivity contribution in [1.82, 2.24) is 0 Å². The van der Waals surface area contributed by atoms with Crippen LogP contribution in [0.15, 0.2) is 60.3 Å². The third-order valence-corrected chi connectivity index (χ3v) is 4.09. The summed E-state index contributed by atoms with van der Waals surface area (Å²) >= 11 is 0. The van der Waals surface area contributed by atoms with Gasteiger partial charge in [0, 0.05) is 12.8 Å². The molecule has 0 spiro atoms. The van der Waals surface area contributed by atoms with Gasteiger partial charge in [-0.1, -0.05) is 73.1 Å². The Bertz CT molecular complexity index is 661. The highest BCUT2D eigenvalue weighted by molar-refractivity contribution is 5.71. The summed E-state index contributed by atoms with van der Waals surface area (Å²) in [6.07, 6.45) is 25.0. The largest absolute Gasteiger partial charge is 0.459 e. The fourth-order valence-corrected chi connectivity index (χ4v) is 2.26. The van der Waals surface area contributed by atoms with Gasteiger partial charge in [-0.05, 0) is 32.6 Å². The van der Waals surface area contributed by atoms with Gasteiger partial charge in [0.05, 0.1) is 27.6 Å². The maximum absolute atomic E-state index is 11.6. The second kappa shape index (κ2) is 18.7. The van der Waals surface area contributed by atoms with Gasteiger partial charge in [0.2, 0.25) is 0 Å². The Morgan fingerprint density at radius 1 is 0.833 bits per heavy atom. The minimum atomic E-state index is -0.157. The fourth-order valence-electron chi connectivity index (χ4n) is 2.26. The number of quaternary nitrogens is 1. The summed E-state index contributed by atoms with van der Waals surface area (Å²) in [5.74, 6) is 6.06. The molecule has 0 amide bonds. The molecule has 3 heteroatoms. The highest BCUT2D eigenvalue weighted by atomic mass is 16.5. The van der Waals surface area contributed by atoms with Crippen LogP contribution in [0.5, 0.6) is 0 Å². The van der Waals surface area contributed by atoms with Crippen molar-refractivity contribution in [3.63, 3.8) is 0 Å². The van der Waals surface area contributed by atoms with Gasteiger partial charge in [-0.3, -0.25) is 4.79 Å². The Morgan fingerprint density at radius 3 is 1.90 bits per heavy atom. The SMILES string of the molecule is CCC#CC/C=C(/C)C/C=C\C/C=C\C/C=C\C/C=C\CC(=O)OCC[N+](C)(C)C. The molecule has 0 fully saturated rings. The van der Waals surface area contributed by atoms with Crippen LogP contribution in [-0.4, -0.2) is 44.7 Å². The van der Waals surface area contributed by atoms with Crippen LogP contribution in [0.25, 0.3) is 0 Å². The number of hydrogen-bond acceptors (Lipinski definition) is 2. The van der Waals surface area contributed by atoms with Crippen LogP contribution in [0.2, 0.25) is 0 Å². The lowest BCUT2D eigenvalue weighted by Crippen LogP contribution is -2.37. The molecule has 0 unspecified atom stereocenters. The Balaban J connectivity index is 3.75. The number of nitrogens with zero attached hydrogens (tertiary/aromatic N) is 1. The summed E-state index contributed by atoms with van der Waals surface area (Å²) in [6.45, 7) is 5.53. The van der Waals surface area contributed by atoms with Crippen LogP contribution >= 0.6 is 0 Å². The number of carbonyl (C=O) groups is 1. The van der Waals surface area contributed by atoms with Crippen LogP contribution < -0.4 is 0 Å².